The number of nitrogens with one attached hydrogen (secondary N) is 1. The van der Waals surface area contributed by atoms with E-state index in [2.05, 4.69) is 10.3 Å². The summed E-state index contributed by atoms with van der Waals surface area (Å²) >= 11 is 6.04. The van der Waals surface area contributed by atoms with Crippen LogP contribution < -0.4 is 5.32 Å². The molecule has 0 saturated heterocycles. The van der Waals surface area contributed by atoms with E-state index in [9.17, 15) is 0 Å². The van der Waals surface area contributed by atoms with Crippen LogP contribution in [-0.2, 0) is 6.54 Å². The zero-order valence-electron chi connectivity index (χ0n) is 9.56. The standard InChI is InChI=1S/C14H11ClN2O/c15-12-5-6-16-9-13(12)17-8-11-7-10-3-1-2-4-14(10)18-11/h1-7,9,17H,8H2. The second-order valence-corrected chi connectivity index (χ2v) is 4.37. The van der Waals surface area contributed by atoms with Gasteiger partial charge in [0.05, 0.1) is 23.5 Å². The number of pyridine rings is 1. The van der Waals surface area contributed by atoms with Crippen molar-refractivity contribution in [3.05, 3.63) is 59.6 Å². The number of hydrogen-bond donors (Lipinski definition) is 1. The van der Waals surface area contributed by atoms with Crippen molar-refractivity contribution in [1.29, 1.82) is 0 Å². The van der Waals surface area contributed by atoms with E-state index in [-0.39, 0.29) is 0 Å². The van der Waals surface area contributed by atoms with Gasteiger partial charge in [-0.05, 0) is 18.2 Å². The van der Waals surface area contributed by atoms with Crippen LogP contribution in [0, 0.1) is 0 Å². The number of anilines is 1. The molecule has 4 heteroatoms. The van der Waals surface area contributed by atoms with E-state index in [4.69, 9.17) is 16.0 Å². The summed E-state index contributed by atoms with van der Waals surface area (Å²) in [7, 11) is 0. The molecule has 3 nitrogen and oxygen atoms in total. The molecule has 0 atom stereocenters. The van der Waals surface area contributed by atoms with Gasteiger partial charge in [0.15, 0.2) is 0 Å². The Morgan fingerprint density at radius 2 is 2.11 bits per heavy atom. The molecule has 0 radical (unpaired) electrons. The lowest BCUT2D eigenvalue weighted by Gasteiger charge is -2.04. The Hall–Kier alpha value is -2.00. The molecular formula is C14H11ClN2O. The molecule has 0 unspecified atom stereocenters. The highest BCUT2D eigenvalue weighted by Gasteiger charge is 2.04. The van der Waals surface area contributed by atoms with E-state index in [1.54, 1.807) is 18.5 Å². The highest BCUT2D eigenvalue weighted by Crippen LogP contribution is 2.22. The van der Waals surface area contributed by atoms with Crippen molar-refractivity contribution in [1.82, 2.24) is 4.98 Å². The van der Waals surface area contributed by atoms with E-state index in [1.807, 2.05) is 30.3 Å². The summed E-state index contributed by atoms with van der Waals surface area (Å²) in [5, 5.41) is 4.96. The molecule has 0 aliphatic carbocycles. The van der Waals surface area contributed by atoms with Crippen LogP contribution in [0.15, 0.2) is 53.2 Å². The van der Waals surface area contributed by atoms with Gasteiger partial charge in [0.2, 0.25) is 0 Å². The number of nitrogens with zero attached hydrogens (tertiary/aromatic N) is 1. The lowest BCUT2D eigenvalue weighted by molar-refractivity contribution is 0.559. The average molecular weight is 259 g/mol. The van der Waals surface area contributed by atoms with E-state index in [0.29, 0.717) is 11.6 Å². The van der Waals surface area contributed by atoms with Gasteiger partial charge in [-0.1, -0.05) is 29.8 Å². The topological polar surface area (TPSA) is 38.1 Å². The molecular weight excluding hydrogens is 248 g/mol. The number of benzene rings is 1. The number of furan rings is 1. The fourth-order valence-electron chi connectivity index (χ4n) is 1.81. The van der Waals surface area contributed by atoms with Crippen LogP contribution in [0.4, 0.5) is 5.69 Å². The Morgan fingerprint density at radius 3 is 2.94 bits per heavy atom. The maximum absolute atomic E-state index is 6.04. The summed E-state index contributed by atoms with van der Waals surface area (Å²) in [5.74, 6) is 0.871. The van der Waals surface area contributed by atoms with E-state index < -0.39 is 0 Å². The van der Waals surface area contributed by atoms with Gasteiger partial charge >= 0.3 is 0 Å². The minimum absolute atomic E-state index is 0.583. The van der Waals surface area contributed by atoms with Gasteiger partial charge in [-0.3, -0.25) is 4.98 Å². The van der Waals surface area contributed by atoms with Crippen molar-refractivity contribution in [2.45, 2.75) is 6.54 Å². The van der Waals surface area contributed by atoms with Gasteiger partial charge in [0, 0.05) is 11.6 Å². The number of para-hydroxylation sites is 1. The maximum atomic E-state index is 6.04. The van der Waals surface area contributed by atoms with Crippen LogP contribution in [0.3, 0.4) is 0 Å². The minimum Gasteiger partial charge on any atom is -0.459 e. The van der Waals surface area contributed by atoms with E-state index in [1.165, 1.54) is 0 Å². The molecule has 90 valence electrons. The summed E-state index contributed by atoms with van der Waals surface area (Å²) < 4.78 is 5.70. The predicted molar refractivity (Wildman–Crippen MR) is 72.8 cm³/mol. The molecule has 0 spiro atoms. The van der Waals surface area contributed by atoms with Crippen LogP contribution in [0.5, 0.6) is 0 Å². The van der Waals surface area contributed by atoms with E-state index >= 15 is 0 Å². The molecule has 0 aliphatic rings. The average Bonchev–Trinajstić information content (AvgIpc) is 2.80. The molecule has 18 heavy (non-hydrogen) atoms. The number of halogens is 1. The van der Waals surface area contributed by atoms with Crippen molar-refractivity contribution >= 4 is 28.3 Å². The lowest BCUT2D eigenvalue weighted by atomic mass is 10.2. The van der Waals surface area contributed by atoms with Crippen molar-refractivity contribution in [2.24, 2.45) is 0 Å². The van der Waals surface area contributed by atoms with Crippen LogP contribution in [-0.4, -0.2) is 4.98 Å². The summed E-state index contributed by atoms with van der Waals surface area (Å²) in [5.41, 5.74) is 1.70. The van der Waals surface area contributed by atoms with Crippen molar-refractivity contribution < 1.29 is 4.42 Å². The van der Waals surface area contributed by atoms with Gasteiger partial charge in [0.1, 0.15) is 11.3 Å². The molecule has 2 aromatic heterocycles. The quantitative estimate of drug-likeness (QED) is 0.769. The molecule has 1 aromatic carbocycles. The minimum atomic E-state index is 0.583. The van der Waals surface area contributed by atoms with Crippen molar-refractivity contribution in [3.63, 3.8) is 0 Å². The second-order valence-electron chi connectivity index (χ2n) is 3.96. The fourth-order valence-corrected chi connectivity index (χ4v) is 1.99. The molecule has 1 N–H and O–H groups in total. The Labute approximate surface area is 109 Å². The van der Waals surface area contributed by atoms with Gasteiger partial charge in [-0.15, -0.1) is 0 Å². The SMILES string of the molecule is Clc1ccncc1NCc1cc2ccccc2o1. The molecule has 2 heterocycles. The van der Waals surface area contributed by atoms with Gasteiger partial charge in [0.25, 0.3) is 0 Å². The Balaban J connectivity index is 1.79. The van der Waals surface area contributed by atoms with Crippen LogP contribution in [0.25, 0.3) is 11.0 Å². The first-order valence-corrected chi connectivity index (χ1v) is 6.01. The smallest absolute Gasteiger partial charge is 0.134 e. The van der Waals surface area contributed by atoms with Crippen LogP contribution >= 0.6 is 11.6 Å². The molecule has 0 bridgehead atoms. The number of rotatable bonds is 3. The van der Waals surface area contributed by atoms with E-state index in [0.717, 1.165) is 22.4 Å². The highest BCUT2D eigenvalue weighted by molar-refractivity contribution is 6.33. The third-order valence-electron chi connectivity index (χ3n) is 2.70. The summed E-state index contributed by atoms with van der Waals surface area (Å²) in [6, 6.07) is 11.7. The largest absolute Gasteiger partial charge is 0.459 e. The third-order valence-corrected chi connectivity index (χ3v) is 3.03. The normalized spacial score (nSPS) is 10.7. The first-order chi connectivity index (χ1) is 8.83. The zero-order chi connectivity index (χ0) is 12.4. The number of hydrogen-bond acceptors (Lipinski definition) is 3. The van der Waals surface area contributed by atoms with Gasteiger partial charge in [-0.2, -0.15) is 0 Å². The summed E-state index contributed by atoms with van der Waals surface area (Å²) in [6.45, 7) is 0.583. The molecule has 0 fully saturated rings. The van der Waals surface area contributed by atoms with Crippen LogP contribution in [0.1, 0.15) is 5.76 Å². The summed E-state index contributed by atoms with van der Waals surface area (Å²) in [6.07, 6.45) is 3.36. The third kappa shape index (κ3) is 2.17. The van der Waals surface area contributed by atoms with Crippen molar-refractivity contribution in [2.75, 3.05) is 5.32 Å². The Kier molecular flexibility index (Phi) is 2.90. The first-order valence-electron chi connectivity index (χ1n) is 5.64. The summed E-state index contributed by atoms with van der Waals surface area (Å²) in [4.78, 5) is 4.02. The Morgan fingerprint density at radius 1 is 1.22 bits per heavy atom. The maximum Gasteiger partial charge on any atom is 0.134 e. The highest BCUT2D eigenvalue weighted by atomic mass is 35.5. The second kappa shape index (κ2) is 4.70. The number of aromatic nitrogens is 1. The number of fused-ring (bicyclic) bond motifs is 1. The molecule has 0 aliphatic heterocycles. The van der Waals surface area contributed by atoms with Crippen molar-refractivity contribution in [3.8, 4) is 0 Å². The molecule has 0 amide bonds. The lowest BCUT2D eigenvalue weighted by Crippen LogP contribution is -1.98. The first kappa shape index (κ1) is 11.1. The Bertz CT molecular complexity index is 645. The fraction of sp³-hybridized carbons (Fsp3) is 0.0714. The molecule has 0 saturated carbocycles. The monoisotopic (exact) mass is 258 g/mol. The van der Waals surface area contributed by atoms with Gasteiger partial charge < -0.3 is 9.73 Å². The zero-order valence-corrected chi connectivity index (χ0v) is 10.3. The molecule has 3 rings (SSSR count). The van der Waals surface area contributed by atoms with Gasteiger partial charge in [-0.25, -0.2) is 0 Å². The predicted octanol–water partition coefficient (Wildman–Crippen LogP) is 4.09. The molecule has 3 aromatic rings. The van der Waals surface area contributed by atoms with Crippen LogP contribution in [0.2, 0.25) is 5.02 Å².